The second-order valence-corrected chi connectivity index (χ2v) is 1.98. The van der Waals surface area contributed by atoms with Gasteiger partial charge < -0.3 is 0 Å². The third-order valence-electron chi connectivity index (χ3n) is 1.22. The molecule has 0 atom stereocenters. The lowest BCUT2D eigenvalue weighted by atomic mass is 10.2. The zero-order valence-corrected chi connectivity index (χ0v) is 5.38. The molecule has 0 amide bonds. The van der Waals surface area contributed by atoms with Gasteiger partial charge in [0.25, 0.3) is 0 Å². The van der Waals surface area contributed by atoms with Crippen LogP contribution in [0, 0.1) is 0 Å². The first-order valence-electron chi connectivity index (χ1n) is 3.08. The molecule has 0 heteroatoms. The van der Waals surface area contributed by atoms with Crippen LogP contribution in [0.4, 0.5) is 0 Å². The maximum Gasteiger partial charge on any atom is 1.00 e. The van der Waals surface area contributed by atoms with Crippen molar-refractivity contribution in [1.82, 2.24) is 0 Å². The third-order valence-corrected chi connectivity index (χ3v) is 1.22. The van der Waals surface area contributed by atoms with Gasteiger partial charge in [-0.3, -0.25) is 0 Å². The van der Waals surface area contributed by atoms with Gasteiger partial charge >= 0.3 is 1.43 Å². The van der Waals surface area contributed by atoms with E-state index in [1.165, 1.54) is 5.56 Å². The topological polar surface area (TPSA) is 0 Å². The molecule has 0 nitrogen and oxygen atoms in total. The first-order valence-corrected chi connectivity index (χ1v) is 3.08. The lowest BCUT2D eigenvalue weighted by Crippen LogP contribution is -1.75. The zero-order valence-electron chi connectivity index (χ0n) is 6.38. The second-order valence-electron chi connectivity index (χ2n) is 1.98. The van der Waals surface area contributed by atoms with Gasteiger partial charge in [0, 0.05) is 0 Å². The van der Waals surface area contributed by atoms with E-state index in [-0.39, 0.29) is 1.43 Å². The molecule has 1 aromatic rings. The van der Waals surface area contributed by atoms with Crippen molar-refractivity contribution in [3.8, 4) is 0 Å². The monoisotopic (exact) mass is 119 g/mol. The second kappa shape index (κ2) is 3.08. The van der Waals surface area contributed by atoms with E-state index in [1.807, 2.05) is 24.3 Å². The SMILES string of the molecule is C=CCc1ccccc1.[H+]. The van der Waals surface area contributed by atoms with Gasteiger partial charge in [-0.15, -0.1) is 6.58 Å². The summed E-state index contributed by atoms with van der Waals surface area (Å²) in [4.78, 5) is 0. The maximum atomic E-state index is 3.66. The van der Waals surface area contributed by atoms with Crippen molar-refractivity contribution in [2.24, 2.45) is 0 Å². The average Bonchev–Trinajstić information content (AvgIpc) is 1.91. The minimum atomic E-state index is 0. The molecule has 0 N–H and O–H groups in total. The van der Waals surface area contributed by atoms with Crippen LogP contribution < -0.4 is 0 Å². The number of hydrogen-bond acceptors (Lipinski definition) is 0. The smallest absolute Gasteiger partial charge is 0.103 e. The predicted octanol–water partition coefficient (Wildman–Crippen LogP) is 2.53. The van der Waals surface area contributed by atoms with Crippen molar-refractivity contribution in [1.29, 1.82) is 0 Å². The Hall–Kier alpha value is -1.04. The fourth-order valence-corrected chi connectivity index (χ4v) is 0.781. The normalized spacial score (nSPS) is 8.89. The van der Waals surface area contributed by atoms with E-state index in [2.05, 4.69) is 18.7 Å². The Kier molecular flexibility index (Phi) is 2.08. The molecule has 0 spiro atoms. The fraction of sp³-hybridized carbons (Fsp3) is 0.111. The highest BCUT2D eigenvalue weighted by Gasteiger charge is 1.82. The van der Waals surface area contributed by atoms with Gasteiger partial charge in [0.2, 0.25) is 0 Å². The number of allylic oxidation sites excluding steroid dienone is 1. The summed E-state index contributed by atoms with van der Waals surface area (Å²) in [6.45, 7) is 3.66. The summed E-state index contributed by atoms with van der Waals surface area (Å²) in [5.41, 5.74) is 1.33. The van der Waals surface area contributed by atoms with E-state index in [0.29, 0.717) is 0 Å². The van der Waals surface area contributed by atoms with Crippen LogP contribution in [0.3, 0.4) is 0 Å². The first kappa shape index (κ1) is 6.09. The number of rotatable bonds is 2. The van der Waals surface area contributed by atoms with Crippen LogP contribution in [0.2, 0.25) is 0 Å². The van der Waals surface area contributed by atoms with Crippen LogP contribution >= 0.6 is 0 Å². The van der Waals surface area contributed by atoms with Gasteiger partial charge in [-0.25, -0.2) is 0 Å². The molecular formula is C9H11+. The molecule has 46 valence electrons. The van der Waals surface area contributed by atoms with Gasteiger partial charge in [0.1, 0.15) is 0 Å². The zero-order chi connectivity index (χ0) is 6.53. The summed E-state index contributed by atoms with van der Waals surface area (Å²) in [5, 5.41) is 0. The van der Waals surface area contributed by atoms with Gasteiger partial charge in [0.15, 0.2) is 0 Å². The summed E-state index contributed by atoms with van der Waals surface area (Å²) >= 11 is 0. The molecule has 0 aliphatic heterocycles. The van der Waals surface area contributed by atoms with E-state index in [4.69, 9.17) is 0 Å². The van der Waals surface area contributed by atoms with E-state index in [9.17, 15) is 0 Å². The first-order chi connectivity index (χ1) is 4.43. The molecule has 0 aromatic heterocycles. The summed E-state index contributed by atoms with van der Waals surface area (Å²) in [6.07, 6.45) is 2.89. The highest BCUT2D eigenvalue weighted by molar-refractivity contribution is 5.16. The Morgan fingerprint density at radius 2 is 2.00 bits per heavy atom. The molecule has 0 radical (unpaired) electrons. The molecular weight excluding hydrogens is 108 g/mol. The lowest BCUT2D eigenvalue weighted by Gasteiger charge is -1.91. The quantitative estimate of drug-likeness (QED) is 0.525. The van der Waals surface area contributed by atoms with Crippen LogP contribution in [0.25, 0.3) is 0 Å². The third kappa shape index (κ3) is 1.73. The molecule has 0 unspecified atom stereocenters. The van der Waals surface area contributed by atoms with Crippen LogP contribution in [0.15, 0.2) is 43.0 Å². The molecule has 0 fully saturated rings. The maximum absolute atomic E-state index is 3.66. The van der Waals surface area contributed by atoms with Crippen molar-refractivity contribution in [2.75, 3.05) is 0 Å². The molecule has 9 heavy (non-hydrogen) atoms. The van der Waals surface area contributed by atoms with Crippen LogP contribution in [-0.4, -0.2) is 0 Å². The van der Waals surface area contributed by atoms with Gasteiger partial charge in [-0.1, -0.05) is 36.4 Å². The number of benzene rings is 1. The summed E-state index contributed by atoms with van der Waals surface area (Å²) < 4.78 is 0. The fourth-order valence-electron chi connectivity index (χ4n) is 0.781. The molecule has 0 saturated heterocycles. The van der Waals surface area contributed by atoms with Gasteiger partial charge in [-0.05, 0) is 12.0 Å². The molecule has 0 aliphatic rings. The van der Waals surface area contributed by atoms with Gasteiger partial charge in [-0.2, -0.15) is 0 Å². The van der Waals surface area contributed by atoms with E-state index in [1.54, 1.807) is 0 Å². The van der Waals surface area contributed by atoms with Crippen LogP contribution in [-0.2, 0) is 6.42 Å². The highest BCUT2D eigenvalue weighted by Crippen LogP contribution is 1.98. The van der Waals surface area contributed by atoms with Crippen molar-refractivity contribution >= 4 is 0 Å². The highest BCUT2D eigenvalue weighted by atomic mass is 13.9. The Morgan fingerprint density at radius 3 is 2.56 bits per heavy atom. The largest absolute Gasteiger partial charge is 1.00 e. The summed E-state index contributed by atoms with van der Waals surface area (Å²) in [6, 6.07) is 10.3. The van der Waals surface area contributed by atoms with Crippen molar-refractivity contribution < 1.29 is 1.43 Å². The Labute approximate surface area is 57.3 Å². The summed E-state index contributed by atoms with van der Waals surface area (Å²) in [5.74, 6) is 0. The van der Waals surface area contributed by atoms with E-state index < -0.39 is 0 Å². The Morgan fingerprint density at radius 1 is 1.33 bits per heavy atom. The van der Waals surface area contributed by atoms with Gasteiger partial charge in [0.05, 0.1) is 0 Å². The Balaban J connectivity index is 0.000000810. The molecule has 1 rings (SSSR count). The minimum absolute atomic E-state index is 0. The van der Waals surface area contributed by atoms with E-state index >= 15 is 0 Å². The number of hydrogen-bond donors (Lipinski definition) is 0. The molecule has 0 bridgehead atoms. The van der Waals surface area contributed by atoms with Crippen LogP contribution in [0.1, 0.15) is 6.99 Å². The van der Waals surface area contributed by atoms with Crippen LogP contribution in [0.5, 0.6) is 0 Å². The average molecular weight is 119 g/mol. The van der Waals surface area contributed by atoms with Crippen molar-refractivity contribution in [3.63, 3.8) is 0 Å². The molecule has 0 aliphatic carbocycles. The van der Waals surface area contributed by atoms with Crippen molar-refractivity contribution in [2.45, 2.75) is 6.42 Å². The lowest BCUT2D eigenvalue weighted by molar-refractivity contribution is 1.28. The molecule has 0 saturated carbocycles. The summed E-state index contributed by atoms with van der Waals surface area (Å²) in [7, 11) is 0. The standard InChI is InChI=1S/C9H10/c1-2-6-9-7-4-3-5-8-9/h2-5,7-8H,1,6H2/p+1. The molecule has 0 heterocycles. The minimum Gasteiger partial charge on any atom is -0.103 e. The molecule has 1 aromatic carbocycles. The Bertz CT molecular complexity index is 179. The predicted molar refractivity (Wildman–Crippen MR) is 41.5 cm³/mol. The van der Waals surface area contributed by atoms with E-state index in [0.717, 1.165) is 6.42 Å². The van der Waals surface area contributed by atoms with Crippen molar-refractivity contribution in [3.05, 3.63) is 48.6 Å².